The molecular weight excluding hydrogens is 350 g/mol. The lowest BCUT2D eigenvalue weighted by molar-refractivity contribution is 0.631. The molecule has 5 heteroatoms. The molecule has 0 aliphatic rings. The van der Waals surface area contributed by atoms with Gasteiger partial charge in [-0.2, -0.15) is 5.10 Å². The lowest BCUT2D eigenvalue weighted by Gasteiger charge is -1.92. The van der Waals surface area contributed by atoms with Gasteiger partial charge >= 0.3 is 0 Å². The van der Waals surface area contributed by atoms with Crippen molar-refractivity contribution >= 4 is 49.4 Å². The second-order valence-electron chi connectivity index (χ2n) is 2.70. The Labute approximate surface area is 96.4 Å². The second kappa shape index (κ2) is 3.20. The van der Waals surface area contributed by atoms with Crippen molar-refractivity contribution in [3.63, 3.8) is 0 Å². The first-order valence-electron chi connectivity index (χ1n) is 3.57. The summed E-state index contributed by atoms with van der Waals surface area (Å²) in [6.45, 7) is 0. The highest BCUT2D eigenvalue weighted by Crippen LogP contribution is 2.25. The fraction of sp³-hybridized carbons (Fsp3) is 0.125. The van der Waals surface area contributed by atoms with Gasteiger partial charge in [-0.15, -0.1) is 0 Å². The molecule has 0 fully saturated rings. The van der Waals surface area contributed by atoms with Crippen LogP contribution < -0.4 is 0 Å². The van der Waals surface area contributed by atoms with Gasteiger partial charge in [0.25, 0.3) is 0 Å². The molecule has 0 aliphatic carbocycles. The van der Waals surface area contributed by atoms with Crippen LogP contribution in [0.25, 0.3) is 10.9 Å². The van der Waals surface area contributed by atoms with Crippen LogP contribution in [0.4, 0.5) is 4.39 Å². The summed E-state index contributed by atoms with van der Waals surface area (Å²) in [4.78, 5) is 0. The minimum Gasteiger partial charge on any atom is -0.261 e. The lowest BCUT2D eigenvalue weighted by atomic mass is 10.2. The Hall–Kier alpha value is -0.170. The number of rotatable bonds is 0. The van der Waals surface area contributed by atoms with E-state index in [4.69, 9.17) is 0 Å². The standard InChI is InChI=1S/C8H5BrFIN2/c1-13-8(11)5-2-4(9)3-6(10)7(5)12-13/h2-3H,1H3. The van der Waals surface area contributed by atoms with Crippen LogP contribution in [-0.4, -0.2) is 9.78 Å². The third-order valence-corrected chi connectivity index (χ3v) is 3.52. The summed E-state index contributed by atoms with van der Waals surface area (Å²) >= 11 is 5.39. The summed E-state index contributed by atoms with van der Waals surface area (Å²) in [6, 6.07) is 3.29. The van der Waals surface area contributed by atoms with Crippen LogP contribution in [0.5, 0.6) is 0 Å². The van der Waals surface area contributed by atoms with Crippen molar-refractivity contribution in [2.75, 3.05) is 0 Å². The predicted octanol–water partition coefficient (Wildman–Crippen LogP) is 3.08. The Bertz CT molecular complexity index is 480. The molecule has 0 spiro atoms. The number of benzene rings is 1. The fourth-order valence-corrected chi connectivity index (χ4v) is 2.14. The van der Waals surface area contributed by atoms with E-state index in [1.54, 1.807) is 11.7 Å². The maximum Gasteiger partial charge on any atom is 0.152 e. The van der Waals surface area contributed by atoms with Gasteiger partial charge in [-0.25, -0.2) is 4.39 Å². The number of aromatic nitrogens is 2. The van der Waals surface area contributed by atoms with E-state index in [0.717, 1.165) is 13.6 Å². The number of hydrogen-bond donors (Lipinski definition) is 0. The Morgan fingerprint density at radius 2 is 2.23 bits per heavy atom. The molecule has 0 saturated carbocycles. The van der Waals surface area contributed by atoms with Gasteiger partial charge in [0.1, 0.15) is 9.22 Å². The molecule has 2 aromatic rings. The van der Waals surface area contributed by atoms with E-state index in [-0.39, 0.29) is 5.82 Å². The van der Waals surface area contributed by atoms with Crippen LogP contribution in [0.2, 0.25) is 0 Å². The molecule has 13 heavy (non-hydrogen) atoms. The first-order chi connectivity index (χ1) is 6.09. The van der Waals surface area contributed by atoms with Gasteiger partial charge in [-0.05, 0) is 34.7 Å². The highest BCUT2D eigenvalue weighted by atomic mass is 127. The van der Waals surface area contributed by atoms with Crippen molar-refractivity contribution in [1.29, 1.82) is 0 Å². The van der Waals surface area contributed by atoms with Crippen LogP contribution in [0, 0.1) is 9.52 Å². The van der Waals surface area contributed by atoms with Crippen LogP contribution in [0.3, 0.4) is 0 Å². The smallest absolute Gasteiger partial charge is 0.152 e. The second-order valence-corrected chi connectivity index (χ2v) is 4.64. The average Bonchev–Trinajstić information content (AvgIpc) is 2.32. The zero-order chi connectivity index (χ0) is 9.59. The monoisotopic (exact) mass is 354 g/mol. The number of fused-ring (bicyclic) bond motifs is 1. The zero-order valence-corrected chi connectivity index (χ0v) is 10.4. The lowest BCUT2D eigenvalue weighted by Crippen LogP contribution is -1.91. The van der Waals surface area contributed by atoms with Crippen molar-refractivity contribution < 1.29 is 4.39 Å². The fourth-order valence-electron chi connectivity index (χ4n) is 1.19. The van der Waals surface area contributed by atoms with E-state index < -0.39 is 0 Å². The molecule has 1 aromatic heterocycles. The molecule has 0 aliphatic heterocycles. The molecule has 0 N–H and O–H groups in total. The Kier molecular flexibility index (Phi) is 2.31. The summed E-state index contributed by atoms with van der Waals surface area (Å²) in [7, 11) is 1.80. The van der Waals surface area contributed by atoms with E-state index in [1.165, 1.54) is 6.07 Å². The minimum absolute atomic E-state index is 0.289. The summed E-state index contributed by atoms with van der Waals surface area (Å²) in [5, 5.41) is 4.91. The van der Waals surface area contributed by atoms with Crippen molar-refractivity contribution in [3.05, 3.63) is 26.1 Å². The van der Waals surface area contributed by atoms with Crippen LogP contribution in [0.1, 0.15) is 0 Å². The van der Waals surface area contributed by atoms with Crippen molar-refractivity contribution in [2.24, 2.45) is 7.05 Å². The molecule has 0 saturated heterocycles. The van der Waals surface area contributed by atoms with Gasteiger partial charge in [-0.1, -0.05) is 15.9 Å². The van der Waals surface area contributed by atoms with E-state index in [0.29, 0.717) is 5.52 Å². The third-order valence-electron chi connectivity index (χ3n) is 1.78. The van der Waals surface area contributed by atoms with E-state index in [9.17, 15) is 4.39 Å². The first kappa shape index (κ1) is 9.39. The van der Waals surface area contributed by atoms with Crippen molar-refractivity contribution in [2.45, 2.75) is 0 Å². The van der Waals surface area contributed by atoms with Gasteiger partial charge in [0.05, 0.1) is 0 Å². The summed E-state index contributed by atoms with van der Waals surface area (Å²) in [5.74, 6) is -0.289. The van der Waals surface area contributed by atoms with Crippen LogP contribution in [0.15, 0.2) is 16.6 Å². The Balaban J connectivity index is 2.94. The van der Waals surface area contributed by atoms with E-state index in [2.05, 4.69) is 43.6 Å². The Morgan fingerprint density at radius 3 is 2.92 bits per heavy atom. The average molecular weight is 355 g/mol. The van der Waals surface area contributed by atoms with Crippen molar-refractivity contribution in [3.8, 4) is 0 Å². The zero-order valence-electron chi connectivity index (χ0n) is 6.68. The number of halogens is 3. The van der Waals surface area contributed by atoms with Gasteiger partial charge in [0, 0.05) is 16.9 Å². The molecule has 0 atom stereocenters. The number of aryl methyl sites for hydroxylation is 1. The minimum atomic E-state index is -0.289. The highest BCUT2D eigenvalue weighted by Gasteiger charge is 2.10. The number of hydrogen-bond acceptors (Lipinski definition) is 1. The van der Waals surface area contributed by atoms with Crippen LogP contribution in [-0.2, 0) is 7.05 Å². The molecule has 2 rings (SSSR count). The van der Waals surface area contributed by atoms with Gasteiger partial charge in [0.15, 0.2) is 5.82 Å². The van der Waals surface area contributed by atoms with E-state index >= 15 is 0 Å². The molecule has 0 amide bonds. The van der Waals surface area contributed by atoms with Crippen molar-refractivity contribution in [1.82, 2.24) is 9.78 Å². The molecule has 0 bridgehead atoms. The number of nitrogens with zero attached hydrogens (tertiary/aromatic N) is 2. The topological polar surface area (TPSA) is 17.8 Å². The molecule has 2 nitrogen and oxygen atoms in total. The maximum absolute atomic E-state index is 13.3. The van der Waals surface area contributed by atoms with Gasteiger partial charge in [-0.3, -0.25) is 4.68 Å². The molecule has 0 radical (unpaired) electrons. The molecule has 1 aromatic carbocycles. The largest absolute Gasteiger partial charge is 0.261 e. The quantitative estimate of drug-likeness (QED) is 0.665. The first-order valence-corrected chi connectivity index (χ1v) is 5.44. The maximum atomic E-state index is 13.3. The molecule has 0 unspecified atom stereocenters. The molecular formula is C8H5BrFIN2. The summed E-state index contributed by atoms with van der Waals surface area (Å²) < 4.78 is 16.7. The summed E-state index contributed by atoms with van der Waals surface area (Å²) in [6.07, 6.45) is 0. The SMILES string of the molecule is Cn1nc2c(F)cc(Br)cc2c1I. The van der Waals surface area contributed by atoms with Gasteiger partial charge < -0.3 is 0 Å². The van der Waals surface area contributed by atoms with E-state index in [1.807, 2.05) is 6.07 Å². The van der Waals surface area contributed by atoms with Crippen LogP contribution >= 0.6 is 38.5 Å². The normalized spacial score (nSPS) is 11.1. The molecule has 68 valence electrons. The Morgan fingerprint density at radius 1 is 1.54 bits per heavy atom. The predicted molar refractivity (Wildman–Crippen MR) is 61.1 cm³/mol. The highest BCUT2D eigenvalue weighted by molar-refractivity contribution is 14.1. The third kappa shape index (κ3) is 1.48. The van der Waals surface area contributed by atoms with Gasteiger partial charge in [0.2, 0.25) is 0 Å². The summed E-state index contributed by atoms with van der Waals surface area (Å²) in [5.41, 5.74) is 0.426. The molecule has 1 heterocycles.